The van der Waals surface area contributed by atoms with Crippen molar-refractivity contribution in [2.45, 2.75) is 31.9 Å². The van der Waals surface area contributed by atoms with Crippen LogP contribution in [-0.4, -0.2) is 53.1 Å². The van der Waals surface area contributed by atoms with Crippen molar-refractivity contribution in [3.05, 3.63) is 35.4 Å². The van der Waals surface area contributed by atoms with Gasteiger partial charge in [0.1, 0.15) is 0 Å². The molecule has 1 saturated carbocycles. The largest absolute Gasteiger partial charge is 0.387 e. The molecule has 1 aromatic carbocycles. The van der Waals surface area contributed by atoms with Gasteiger partial charge in [0.05, 0.1) is 12.1 Å². The molecule has 114 valence electrons. The number of amides is 1. The molecule has 0 atom stereocenters. The minimum Gasteiger partial charge on any atom is -0.387 e. The van der Waals surface area contributed by atoms with Gasteiger partial charge in [-0.1, -0.05) is 24.3 Å². The fourth-order valence-corrected chi connectivity index (χ4v) is 3.16. The van der Waals surface area contributed by atoms with Gasteiger partial charge in [-0.3, -0.25) is 9.69 Å². The smallest absolute Gasteiger partial charge is 0.236 e. The number of aryl methyl sites for hydroxylation is 1. The van der Waals surface area contributed by atoms with Crippen molar-refractivity contribution in [1.29, 1.82) is 0 Å². The summed E-state index contributed by atoms with van der Waals surface area (Å²) in [6, 6.07) is 8.15. The summed E-state index contributed by atoms with van der Waals surface area (Å²) in [7, 11) is 1.85. The molecule has 1 amide bonds. The highest BCUT2D eigenvalue weighted by molar-refractivity contribution is 5.78. The zero-order valence-electron chi connectivity index (χ0n) is 12.9. The first kappa shape index (κ1) is 14.5. The first-order chi connectivity index (χ1) is 9.98. The summed E-state index contributed by atoms with van der Waals surface area (Å²) in [5.74, 6) is 0.602. The molecular formula is C17H24N2O2. The zero-order chi connectivity index (χ0) is 15.0. The number of aliphatic hydroxyl groups is 1. The third-order valence-electron chi connectivity index (χ3n) is 4.79. The van der Waals surface area contributed by atoms with Crippen LogP contribution in [-0.2, 0) is 11.3 Å². The molecule has 21 heavy (non-hydrogen) atoms. The van der Waals surface area contributed by atoms with Crippen molar-refractivity contribution in [3.63, 3.8) is 0 Å². The van der Waals surface area contributed by atoms with Gasteiger partial charge < -0.3 is 10.0 Å². The minimum absolute atomic E-state index is 0.121. The van der Waals surface area contributed by atoms with Gasteiger partial charge in [-0.05, 0) is 36.8 Å². The Labute approximate surface area is 126 Å². The second kappa shape index (κ2) is 5.43. The second-order valence-electron chi connectivity index (χ2n) is 6.70. The van der Waals surface area contributed by atoms with E-state index in [1.54, 1.807) is 4.90 Å². The van der Waals surface area contributed by atoms with Crippen LogP contribution in [0.5, 0.6) is 0 Å². The number of carbonyl (C=O) groups is 1. The normalized spacial score (nSPS) is 20.9. The lowest BCUT2D eigenvalue weighted by Gasteiger charge is -2.47. The standard InChI is InChI=1S/C17H24N2O2/c1-13-5-3-4-6-14(13)9-18(2)16(20)10-19-11-17(21,12-19)15-7-8-15/h3-6,15,21H,7-12H2,1-2H3. The topological polar surface area (TPSA) is 43.8 Å². The Balaban J connectivity index is 1.48. The van der Waals surface area contributed by atoms with Crippen LogP contribution in [0.4, 0.5) is 0 Å². The maximum Gasteiger partial charge on any atom is 0.236 e. The van der Waals surface area contributed by atoms with Crippen LogP contribution < -0.4 is 0 Å². The molecule has 2 aliphatic rings. The first-order valence-corrected chi connectivity index (χ1v) is 7.71. The molecule has 1 saturated heterocycles. The Kier molecular flexibility index (Phi) is 3.76. The van der Waals surface area contributed by atoms with E-state index < -0.39 is 5.60 Å². The Morgan fingerprint density at radius 2 is 2.05 bits per heavy atom. The van der Waals surface area contributed by atoms with E-state index in [9.17, 15) is 9.90 Å². The van der Waals surface area contributed by atoms with Crippen molar-refractivity contribution >= 4 is 5.91 Å². The van der Waals surface area contributed by atoms with Gasteiger partial charge in [0, 0.05) is 26.7 Å². The number of hydrogen-bond donors (Lipinski definition) is 1. The second-order valence-corrected chi connectivity index (χ2v) is 6.70. The molecule has 0 aromatic heterocycles. The molecule has 1 aliphatic heterocycles. The summed E-state index contributed by atoms with van der Waals surface area (Å²) >= 11 is 0. The highest BCUT2D eigenvalue weighted by atomic mass is 16.3. The summed E-state index contributed by atoms with van der Waals surface area (Å²) in [5.41, 5.74) is 1.89. The van der Waals surface area contributed by atoms with Gasteiger partial charge in [0.2, 0.25) is 5.91 Å². The zero-order valence-corrected chi connectivity index (χ0v) is 12.9. The number of likely N-dealkylation sites (tertiary alicyclic amines) is 1. The molecule has 0 unspecified atom stereocenters. The van der Waals surface area contributed by atoms with E-state index in [-0.39, 0.29) is 5.91 Å². The number of hydrogen-bond acceptors (Lipinski definition) is 3. The SMILES string of the molecule is Cc1ccccc1CN(C)C(=O)CN1CC(O)(C2CC2)C1. The van der Waals surface area contributed by atoms with Gasteiger partial charge in [-0.25, -0.2) is 0 Å². The van der Waals surface area contributed by atoms with E-state index in [1.165, 1.54) is 11.1 Å². The van der Waals surface area contributed by atoms with E-state index in [0.717, 1.165) is 12.8 Å². The van der Waals surface area contributed by atoms with Crippen molar-refractivity contribution in [2.24, 2.45) is 5.92 Å². The van der Waals surface area contributed by atoms with Gasteiger partial charge in [0.25, 0.3) is 0 Å². The van der Waals surface area contributed by atoms with Crippen LogP contribution >= 0.6 is 0 Å². The first-order valence-electron chi connectivity index (χ1n) is 7.71. The van der Waals surface area contributed by atoms with Gasteiger partial charge in [0.15, 0.2) is 0 Å². The summed E-state index contributed by atoms with van der Waals surface area (Å²) in [6.07, 6.45) is 2.29. The Hall–Kier alpha value is -1.39. The molecule has 4 nitrogen and oxygen atoms in total. The summed E-state index contributed by atoms with van der Waals surface area (Å²) < 4.78 is 0. The lowest BCUT2D eigenvalue weighted by molar-refractivity contribution is -0.144. The lowest BCUT2D eigenvalue weighted by atomic mass is 9.89. The van der Waals surface area contributed by atoms with Gasteiger partial charge in [-0.15, -0.1) is 0 Å². The quantitative estimate of drug-likeness (QED) is 0.891. The molecule has 4 heteroatoms. The van der Waals surface area contributed by atoms with Gasteiger partial charge >= 0.3 is 0 Å². The Morgan fingerprint density at radius 1 is 1.38 bits per heavy atom. The van der Waals surface area contributed by atoms with Crippen molar-refractivity contribution in [2.75, 3.05) is 26.7 Å². The fourth-order valence-electron chi connectivity index (χ4n) is 3.16. The number of likely N-dealkylation sites (N-methyl/N-ethyl adjacent to an activating group) is 1. The van der Waals surface area contributed by atoms with Crippen molar-refractivity contribution < 1.29 is 9.90 Å². The summed E-state index contributed by atoms with van der Waals surface area (Å²) in [6.45, 7) is 4.44. The Bertz CT molecular complexity index is 533. The predicted octanol–water partition coefficient (Wildman–Crippen LogP) is 1.41. The van der Waals surface area contributed by atoms with Crippen molar-refractivity contribution in [1.82, 2.24) is 9.80 Å². The molecule has 0 bridgehead atoms. The van der Waals surface area contributed by atoms with E-state index in [0.29, 0.717) is 32.1 Å². The van der Waals surface area contributed by atoms with E-state index in [2.05, 4.69) is 24.0 Å². The Morgan fingerprint density at radius 3 is 2.67 bits per heavy atom. The lowest BCUT2D eigenvalue weighted by Crippen LogP contribution is -2.64. The van der Waals surface area contributed by atoms with Crippen LogP contribution in [0.25, 0.3) is 0 Å². The maximum absolute atomic E-state index is 12.3. The molecule has 0 spiro atoms. The van der Waals surface area contributed by atoms with Crippen LogP contribution in [0, 0.1) is 12.8 Å². The number of nitrogens with zero attached hydrogens (tertiary/aromatic N) is 2. The third-order valence-corrected chi connectivity index (χ3v) is 4.79. The average molecular weight is 288 g/mol. The molecule has 1 aromatic rings. The predicted molar refractivity (Wildman–Crippen MR) is 81.8 cm³/mol. The number of rotatable bonds is 5. The average Bonchev–Trinajstić information content (AvgIpc) is 3.24. The highest BCUT2D eigenvalue weighted by Gasteiger charge is 2.52. The van der Waals surface area contributed by atoms with E-state index in [4.69, 9.17) is 0 Å². The van der Waals surface area contributed by atoms with Gasteiger partial charge in [-0.2, -0.15) is 0 Å². The molecule has 1 aliphatic carbocycles. The van der Waals surface area contributed by atoms with Crippen LogP contribution in [0.2, 0.25) is 0 Å². The monoisotopic (exact) mass is 288 g/mol. The summed E-state index contributed by atoms with van der Waals surface area (Å²) in [5, 5.41) is 10.3. The highest BCUT2D eigenvalue weighted by Crippen LogP contribution is 2.44. The van der Waals surface area contributed by atoms with E-state index >= 15 is 0 Å². The number of benzene rings is 1. The molecule has 1 heterocycles. The molecular weight excluding hydrogens is 264 g/mol. The number of carbonyl (C=O) groups excluding carboxylic acids is 1. The molecule has 0 radical (unpaired) electrons. The van der Waals surface area contributed by atoms with Crippen LogP contribution in [0.15, 0.2) is 24.3 Å². The molecule has 2 fully saturated rings. The molecule has 3 rings (SSSR count). The minimum atomic E-state index is -0.505. The maximum atomic E-state index is 12.3. The third kappa shape index (κ3) is 3.11. The van der Waals surface area contributed by atoms with Crippen LogP contribution in [0.3, 0.4) is 0 Å². The molecule has 1 N–H and O–H groups in total. The summed E-state index contributed by atoms with van der Waals surface area (Å²) in [4.78, 5) is 16.1. The fraction of sp³-hybridized carbons (Fsp3) is 0.588. The number of β-amino-alcohol motifs (C(OH)–C–C–N with tert-alkyl or cyclic N) is 1. The van der Waals surface area contributed by atoms with Crippen LogP contribution in [0.1, 0.15) is 24.0 Å². The van der Waals surface area contributed by atoms with E-state index in [1.807, 2.05) is 19.2 Å². The van der Waals surface area contributed by atoms with Crippen molar-refractivity contribution in [3.8, 4) is 0 Å².